The summed E-state index contributed by atoms with van der Waals surface area (Å²) in [6, 6.07) is 2.53. The van der Waals surface area contributed by atoms with E-state index in [0.29, 0.717) is 16.7 Å². The Balaban J connectivity index is 3.32. The molecule has 1 aromatic carbocycles. The van der Waals surface area contributed by atoms with E-state index in [-0.39, 0.29) is 5.82 Å². The van der Waals surface area contributed by atoms with E-state index in [0.717, 1.165) is 6.26 Å². The van der Waals surface area contributed by atoms with E-state index in [1.807, 2.05) is 0 Å². The van der Waals surface area contributed by atoms with Crippen molar-refractivity contribution in [3.05, 3.63) is 34.6 Å². The molecule has 1 aromatic rings. The van der Waals surface area contributed by atoms with E-state index in [1.54, 1.807) is 39.8 Å². The largest absolute Gasteiger partial charge is 0.323 e. The highest BCUT2D eigenvalue weighted by atomic mass is 32.2. The number of nitrogens with two attached hydrogens (primary N) is 1. The summed E-state index contributed by atoms with van der Waals surface area (Å²) in [6.07, 6.45) is 1.16. The molecule has 0 bridgehead atoms. The fraction of sp³-hybridized carbons (Fsp3) is 0.538. The van der Waals surface area contributed by atoms with Gasteiger partial charge in [0.1, 0.15) is 5.82 Å². The summed E-state index contributed by atoms with van der Waals surface area (Å²) in [5.74, 6) is -0.275. The summed E-state index contributed by atoms with van der Waals surface area (Å²) in [6.45, 7) is 6.46. The Bertz CT molecular complexity index is 541. The first-order valence-electron chi connectivity index (χ1n) is 5.70. The Kier molecular flexibility index (Phi) is 3.89. The third-order valence-electron chi connectivity index (χ3n) is 3.52. The minimum Gasteiger partial charge on any atom is -0.323 e. The fourth-order valence-electron chi connectivity index (χ4n) is 1.79. The summed E-state index contributed by atoms with van der Waals surface area (Å²) in [4.78, 5) is 0. The molecule has 18 heavy (non-hydrogen) atoms. The van der Waals surface area contributed by atoms with Gasteiger partial charge in [0.2, 0.25) is 0 Å². The molecule has 1 atom stereocenters. The molecule has 102 valence electrons. The molecule has 1 unspecified atom stereocenters. The smallest absolute Gasteiger partial charge is 0.154 e. The van der Waals surface area contributed by atoms with Crippen LogP contribution in [-0.2, 0) is 9.84 Å². The second-order valence-electron chi connectivity index (χ2n) is 5.32. The van der Waals surface area contributed by atoms with Crippen molar-refractivity contribution in [3.8, 4) is 0 Å². The molecule has 3 nitrogen and oxygen atoms in total. The molecule has 0 saturated carbocycles. The maximum Gasteiger partial charge on any atom is 0.154 e. The molecular weight excluding hydrogens is 253 g/mol. The maximum absolute atomic E-state index is 13.5. The van der Waals surface area contributed by atoms with Crippen LogP contribution in [0, 0.1) is 19.7 Å². The van der Waals surface area contributed by atoms with Crippen LogP contribution in [0.1, 0.15) is 36.6 Å². The summed E-state index contributed by atoms with van der Waals surface area (Å²) < 4.78 is 36.0. The van der Waals surface area contributed by atoms with Gasteiger partial charge < -0.3 is 5.73 Å². The molecule has 0 heterocycles. The van der Waals surface area contributed by atoms with E-state index in [9.17, 15) is 12.8 Å². The van der Waals surface area contributed by atoms with Crippen LogP contribution in [-0.4, -0.2) is 19.4 Å². The third-order valence-corrected chi connectivity index (χ3v) is 5.69. The standard InChI is InChI=1S/C13H20FNO2S/c1-8-6-10(7-9(2)11(8)14)12(15)13(3,4)18(5,16)17/h6-7,12H,15H2,1-5H3. The van der Waals surface area contributed by atoms with Gasteiger partial charge in [-0.15, -0.1) is 0 Å². The molecule has 0 aromatic heterocycles. The lowest BCUT2D eigenvalue weighted by molar-refractivity contribution is 0.495. The average Bonchev–Trinajstić information content (AvgIpc) is 2.22. The predicted molar refractivity (Wildman–Crippen MR) is 71.7 cm³/mol. The first-order chi connectivity index (χ1) is 7.98. The van der Waals surface area contributed by atoms with Gasteiger partial charge in [0.15, 0.2) is 9.84 Å². The number of halogens is 1. The molecule has 0 aliphatic rings. The normalized spacial score (nSPS) is 14.6. The molecule has 0 spiro atoms. The molecule has 0 aliphatic carbocycles. The highest BCUT2D eigenvalue weighted by Crippen LogP contribution is 2.31. The first-order valence-corrected chi connectivity index (χ1v) is 7.59. The highest BCUT2D eigenvalue weighted by molar-refractivity contribution is 7.92. The summed E-state index contributed by atoms with van der Waals surface area (Å²) in [5, 5.41) is 0. The number of aryl methyl sites for hydroxylation is 2. The van der Waals surface area contributed by atoms with E-state index >= 15 is 0 Å². The topological polar surface area (TPSA) is 60.2 Å². The lowest BCUT2D eigenvalue weighted by Crippen LogP contribution is -2.42. The second kappa shape index (κ2) is 4.63. The summed E-state index contributed by atoms with van der Waals surface area (Å²) in [7, 11) is -3.30. The van der Waals surface area contributed by atoms with Gasteiger partial charge in [-0.25, -0.2) is 12.8 Å². The Hall–Kier alpha value is -0.940. The third kappa shape index (κ3) is 2.57. The zero-order chi connectivity index (χ0) is 14.3. The molecule has 0 saturated heterocycles. The van der Waals surface area contributed by atoms with Crippen molar-refractivity contribution < 1.29 is 12.8 Å². The lowest BCUT2D eigenvalue weighted by Gasteiger charge is -2.30. The number of hydrogen-bond acceptors (Lipinski definition) is 3. The van der Waals surface area contributed by atoms with E-state index in [2.05, 4.69) is 0 Å². The number of benzene rings is 1. The van der Waals surface area contributed by atoms with Gasteiger partial charge in [-0.3, -0.25) is 0 Å². The van der Waals surface area contributed by atoms with Crippen LogP contribution in [0.25, 0.3) is 0 Å². The Morgan fingerprint density at radius 3 is 1.94 bits per heavy atom. The van der Waals surface area contributed by atoms with Crippen molar-refractivity contribution in [2.75, 3.05) is 6.26 Å². The van der Waals surface area contributed by atoms with Crippen molar-refractivity contribution in [2.24, 2.45) is 5.73 Å². The number of hydrogen-bond donors (Lipinski definition) is 1. The van der Waals surface area contributed by atoms with Crippen LogP contribution in [0.3, 0.4) is 0 Å². The van der Waals surface area contributed by atoms with Crippen LogP contribution in [0.5, 0.6) is 0 Å². The zero-order valence-corrected chi connectivity index (χ0v) is 12.2. The highest BCUT2D eigenvalue weighted by Gasteiger charge is 2.37. The van der Waals surface area contributed by atoms with Crippen molar-refractivity contribution >= 4 is 9.84 Å². The molecule has 0 aliphatic heterocycles. The maximum atomic E-state index is 13.5. The minimum atomic E-state index is -3.30. The molecule has 0 amide bonds. The van der Waals surface area contributed by atoms with Gasteiger partial charge in [0.05, 0.1) is 4.75 Å². The summed E-state index contributed by atoms with van der Waals surface area (Å²) >= 11 is 0. The van der Waals surface area contributed by atoms with Crippen molar-refractivity contribution in [1.29, 1.82) is 0 Å². The van der Waals surface area contributed by atoms with Crippen molar-refractivity contribution in [3.63, 3.8) is 0 Å². The Morgan fingerprint density at radius 2 is 1.61 bits per heavy atom. The lowest BCUT2D eigenvalue weighted by atomic mass is 9.93. The van der Waals surface area contributed by atoms with E-state index in [4.69, 9.17) is 5.73 Å². The van der Waals surface area contributed by atoms with Gasteiger partial charge in [-0.05, 0) is 44.4 Å². The van der Waals surface area contributed by atoms with Gasteiger partial charge in [-0.1, -0.05) is 12.1 Å². The first kappa shape index (κ1) is 15.1. The van der Waals surface area contributed by atoms with Crippen LogP contribution < -0.4 is 5.73 Å². The molecule has 5 heteroatoms. The molecule has 1 rings (SSSR count). The van der Waals surface area contributed by atoms with Crippen LogP contribution in [0.2, 0.25) is 0 Å². The number of rotatable bonds is 3. The molecule has 0 radical (unpaired) electrons. The van der Waals surface area contributed by atoms with Gasteiger partial charge in [0, 0.05) is 12.3 Å². The van der Waals surface area contributed by atoms with E-state index in [1.165, 1.54) is 0 Å². The average molecular weight is 273 g/mol. The van der Waals surface area contributed by atoms with Crippen LogP contribution >= 0.6 is 0 Å². The van der Waals surface area contributed by atoms with Gasteiger partial charge in [0.25, 0.3) is 0 Å². The predicted octanol–water partition coefficient (Wildman–Crippen LogP) is 2.27. The monoisotopic (exact) mass is 273 g/mol. The Labute approximate surface area is 108 Å². The van der Waals surface area contributed by atoms with Crippen molar-refractivity contribution in [2.45, 2.75) is 38.5 Å². The van der Waals surface area contributed by atoms with Crippen molar-refractivity contribution in [1.82, 2.24) is 0 Å². The SMILES string of the molecule is Cc1cc(C(N)C(C)(C)S(C)(=O)=O)cc(C)c1F. The number of sulfone groups is 1. The molecule has 0 fully saturated rings. The quantitative estimate of drug-likeness (QED) is 0.919. The fourth-order valence-corrected chi connectivity index (χ4v) is 2.39. The van der Waals surface area contributed by atoms with Crippen LogP contribution in [0.4, 0.5) is 4.39 Å². The second-order valence-corrected chi connectivity index (χ2v) is 7.92. The van der Waals surface area contributed by atoms with Gasteiger partial charge in [-0.2, -0.15) is 0 Å². The zero-order valence-electron chi connectivity index (χ0n) is 11.4. The Morgan fingerprint density at radius 1 is 1.22 bits per heavy atom. The minimum absolute atomic E-state index is 0.275. The summed E-state index contributed by atoms with van der Waals surface area (Å²) in [5.41, 5.74) is 7.64. The van der Waals surface area contributed by atoms with E-state index < -0.39 is 20.6 Å². The van der Waals surface area contributed by atoms with Crippen LogP contribution in [0.15, 0.2) is 12.1 Å². The van der Waals surface area contributed by atoms with Gasteiger partial charge >= 0.3 is 0 Å². The molecular formula is C13H20FNO2S. The molecule has 2 N–H and O–H groups in total.